The Morgan fingerprint density at radius 2 is 1.84 bits per heavy atom. The molecule has 0 amide bonds. The van der Waals surface area contributed by atoms with Crippen LogP contribution in [0.1, 0.15) is 51.8 Å². The summed E-state index contributed by atoms with van der Waals surface area (Å²) < 4.78 is 0. The number of carboxylic acids is 2. The Hall–Kier alpha value is -1.31. The van der Waals surface area contributed by atoms with Crippen LogP contribution in [0.15, 0.2) is 18.2 Å². The summed E-state index contributed by atoms with van der Waals surface area (Å²) in [4.78, 5) is 22.7. The van der Waals surface area contributed by atoms with E-state index in [1.54, 1.807) is 11.8 Å². The van der Waals surface area contributed by atoms with Crippen LogP contribution in [0.3, 0.4) is 0 Å². The summed E-state index contributed by atoms with van der Waals surface area (Å²) in [5.74, 6) is -1.23. The average Bonchev–Trinajstić information content (AvgIpc) is 2.54. The van der Waals surface area contributed by atoms with E-state index in [1.165, 1.54) is 24.2 Å². The molecule has 0 fully saturated rings. The number of nitrogens with two attached hydrogens (primary N) is 1. The third kappa shape index (κ3) is 6.16. The van der Waals surface area contributed by atoms with Gasteiger partial charge < -0.3 is 15.9 Å². The largest absolute Gasteiger partial charge is 0.478 e. The lowest BCUT2D eigenvalue weighted by Crippen LogP contribution is -2.29. The molecule has 0 heterocycles. The molecular weight excluding hydrogens is 354 g/mol. The van der Waals surface area contributed by atoms with E-state index in [9.17, 15) is 14.7 Å². The minimum Gasteiger partial charge on any atom is -0.478 e. The Kier molecular flexibility index (Phi) is 8.17. The SMILES string of the molecule is CC(C)[Si](C)(C)CCCSC(CN)c1cc(C(=O)O)ccc1C(=O)O. The van der Waals surface area contributed by atoms with Crippen molar-refractivity contribution in [1.29, 1.82) is 0 Å². The van der Waals surface area contributed by atoms with E-state index in [-0.39, 0.29) is 22.9 Å². The van der Waals surface area contributed by atoms with Gasteiger partial charge in [-0.1, -0.05) is 38.5 Å². The highest BCUT2D eigenvalue weighted by Crippen LogP contribution is 2.33. The second-order valence-corrected chi connectivity index (χ2v) is 14.2. The zero-order valence-electron chi connectivity index (χ0n) is 15.4. The first-order valence-corrected chi connectivity index (χ1v) is 12.9. The minimum atomic E-state index is -1.21. The number of carboxylic acid groups (broad SMARTS) is 2. The first-order chi connectivity index (χ1) is 11.6. The van der Waals surface area contributed by atoms with E-state index in [4.69, 9.17) is 10.8 Å². The number of aromatic carboxylic acids is 2. The molecule has 0 aliphatic heterocycles. The van der Waals surface area contributed by atoms with Crippen LogP contribution in [0.2, 0.25) is 24.7 Å². The van der Waals surface area contributed by atoms with Crippen LogP contribution >= 0.6 is 11.8 Å². The van der Waals surface area contributed by atoms with Gasteiger partial charge in [0.1, 0.15) is 0 Å². The first-order valence-electron chi connectivity index (χ1n) is 8.52. The molecule has 5 nitrogen and oxygen atoms in total. The van der Waals surface area contributed by atoms with Crippen LogP contribution in [0.25, 0.3) is 0 Å². The monoisotopic (exact) mass is 383 g/mol. The Balaban J connectivity index is 2.87. The molecule has 1 unspecified atom stereocenters. The molecule has 0 aromatic heterocycles. The molecule has 25 heavy (non-hydrogen) atoms. The topological polar surface area (TPSA) is 101 Å². The fourth-order valence-corrected chi connectivity index (χ4v) is 5.51. The quantitative estimate of drug-likeness (QED) is 0.411. The van der Waals surface area contributed by atoms with Crippen molar-refractivity contribution in [2.75, 3.05) is 12.3 Å². The van der Waals surface area contributed by atoms with Crippen molar-refractivity contribution in [1.82, 2.24) is 0 Å². The van der Waals surface area contributed by atoms with E-state index in [2.05, 4.69) is 26.9 Å². The first kappa shape index (κ1) is 21.7. The van der Waals surface area contributed by atoms with Crippen molar-refractivity contribution in [3.8, 4) is 0 Å². The van der Waals surface area contributed by atoms with Gasteiger partial charge in [0, 0.05) is 19.9 Å². The fourth-order valence-electron chi connectivity index (χ4n) is 2.48. The number of thioether (sulfide) groups is 1. The van der Waals surface area contributed by atoms with Gasteiger partial charge >= 0.3 is 11.9 Å². The zero-order chi connectivity index (χ0) is 19.2. The van der Waals surface area contributed by atoms with Crippen LogP contribution in [0.4, 0.5) is 0 Å². The number of carbonyl (C=O) groups is 2. The summed E-state index contributed by atoms with van der Waals surface area (Å²) in [5.41, 5.74) is 7.31. The molecule has 140 valence electrons. The molecule has 0 radical (unpaired) electrons. The molecule has 4 N–H and O–H groups in total. The number of rotatable bonds is 10. The van der Waals surface area contributed by atoms with E-state index in [0.717, 1.165) is 17.7 Å². The molecule has 1 atom stereocenters. The van der Waals surface area contributed by atoms with Gasteiger partial charge in [0.05, 0.1) is 11.1 Å². The van der Waals surface area contributed by atoms with Crippen molar-refractivity contribution >= 4 is 31.8 Å². The zero-order valence-corrected chi connectivity index (χ0v) is 17.2. The van der Waals surface area contributed by atoms with Crippen LogP contribution in [0.5, 0.6) is 0 Å². The maximum atomic E-state index is 11.5. The highest BCUT2D eigenvalue weighted by molar-refractivity contribution is 7.99. The Morgan fingerprint density at radius 1 is 1.20 bits per heavy atom. The standard InChI is InChI=1S/C18H29NO4SSi/c1-12(2)25(3,4)9-5-8-24-16(11-19)15-10-13(17(20)21)6-7-14(15)18(22)23/h6-7,10,12,16H,5,8-9,11,19H2,1-4H3,(H,20,21)(H,22,23). The molecule has 0 aliphatic carbocycles. The molecule has 7 heteroatoms. The van der Waals surface area contributed by atoms with E-state index in [1.807, 2.05) is 0 Å². The summed E-state index contributed by atoms with van der Waals surface area (Å²) in [6, 6.07) is 5.35. The summed E-state index contributed by atoms with van der Waals surface area (Å²) >= 11 is 1.62. The lowest BCUT2D eigenvalue weighted by atomic mass is 10.0. The van der Waals surface area contributed by atoms with E-state index < -0.39 is 20.0 Å². The maximum absolute atomic E-state index is 11.5. The van der Waals surface area contributed by atoms with Crippen molar-refractivity contribution in [3.63, 3.8) is 0 Å². The minimum absolute atomic E-state index is 0.0902. The normalized spacial score (nSPS) is 13.0. The molecule has 0 saturated heterocycles. The van der Waals surface area contributed by atoms with E-state index in [0.29, 0.717) is 5.56 Å². The van der Waals surface area contributed by atoms with Gasteiger partial charge in [-0.05, 0) is 35.9 Å². The van der Waals surface area contributed by atoms with Crippen molar-refractivity contribution in [2.24, 2.45) is 5.73 Å². The number of hydrogen-bond acceptors (Lipinski definition) is 4. The summed E-state index contributed by atoms with van der Waals surface area (Å²) in [7, 11) is -1.21. The molecule has 0 bridgehead atoms. The summed E-state index contributed by atoms with van der Waals surface area (Å²) in [6.45, 7) is 9.61. The Bertz CT molecular complexity index is 619. The number of hydrogen-bond donors (Lipinski definition) is 3. The predicted octanol–water partition coefficient (Wildman–Crippen LogP) is 4.32. The third-order valence-corrected chi connectivity index (χ3v) is 11.1. The van der Waals surface area contributed by atoms with E-state index >= 15 is 0 Å². The van der Waals surface area contributed by atoms with Crippen molar-refractivity contribution in [2.45, 2.75) is 50.2 Å². The van der Waals surface area contributed by atoms with Crippen molar-refractivity contribution < 1.29 is 19.8 Å². The highest BCUT2D eigenvalue weighted by atomic mass is 32.2. The molecule has 1 aromatic rings. The third-order valence-electron chi connectivity index (χ3n) is 4.94. The van der Waals surface area contributed by atoms with Gasteiger partial charge in [-0.25, -0.2) is 9.59 Å². The smallest absolute Gasteiger partial charge is 0.336 e. The lowest BCUT2D eigenvalue weighted by molar-refractivity contribution is 0.0680. The molecule has 1 aromatic carbocycles. The van der Waals surface area contributed by atoms with Gasteiger partial charge in [-0.3, -0.25) is 0 Å². The van der Waals surface area contributed by atoms with Gasteiger partial charge in [0.15, 0.2) is 0 Å². The molecular formula is C18H29NO4SSi. The molecule has 0 spiro atoms. The van der Waals surface area contributed by atoms with Crippen molar-refractivity contribution in [3.05, 3.63) is 34.9 Å². The fraction of sp³-hybridized carbons (Fsp3) is 0.556. The van der Waals surface area contributed by atoms with Gasteiger partial charge in [0.25, 0.3) is 0 Å². The van der Waals surface area contributed by atoms with Gasteiger partial charge in [-0.15, -0.1) is 0 Å². The Labute approximate surface area is 155 Å². The summed E-state index contributed by atoms with van der Waals surface area (Å²) in [6.07, 6.45) is 1.07. The summed E-state index contributed by atoms with van der Waals surface area (Å²) in [5, 5.41) is 18.3. The average molecular weight is 384 g/mol. The second-order valence-electron chi connectivity index (χ2n) is 7.25. The highest BCUT2D eigenvalue weighted by Gasteiger charge is 2.25. The number of benzene rings is 1. The second kappa shape index (κ2) is 9.40. The van der Waals surface area contributed by atoms with Crippen LogP contribution in [-0.2, 0) is 0 Å². The predicted molar refractivity (Wildman–Crippen MR) is 107 cm³/mol. The molecule has 0 saturated carbocycles. The lowest BCUT2D eigenvalue weighted by Gasteiger charge is -2.27. The van der Waals surface area contributed by atoms with Crippen LogP contribution in [0, 0.1) is 0 Å². The van der Waals surface area contributed by atoms with Gasteiger partial charge in [0.2, 0.25) is 0 Å². The van der Waals surface area contributed by atoms with Gasteiger partial charge in [-0.2, -0.15) is 11.8 Å². The van der Waals surface area contributed by atoms with Crippen LogP contribution < -0.4 is 5.73 Å². The van der Waals surface area contributed by atoms with Crippen LogP contribution in [-0.4, -0.2) is 42.5 Å². The maximum Gasteiger partial charge on any atom is 0.336 e. The molecule has 1 rings (SSSR count). The molecule has 0 aliphatic rings. The Morgan fingerprint density at radius 3 is 2.32 bits per heavy atom.